The summed E-state index contributed by atoms with van der Waals surface area (Å²) in [4.78, 5) is 17.4. The van der Waals surface area contributed by atoms with Crippen LogP contribution >= 0.6 is 0 Å². The Morgan fingerprint density at radius 1 is 0.967 bits per heavy atom. The second kappa shape index (κ2) is 19.6. The Morgan fingerprint density at radius 3 is 2.27 bits per heavy atom. The summed E-state index contributed by atoms with van der Waals surface area (Å²) < 4.78 is 5.40. The first-order valence-corrected chi connectivity index (χ1v) is 12.5. The first-order valence-electron chi connectivity index (χ1n) is 12.5. The lowest BCUT2D eigenvalue weighted by Gasteiger charge is -2.20. The van der Waals surface area contributed by atoms with E-state index in [4.69, 9.17) is 9.84 Å². The van der Waals surface area contributed by atoms with E-state index in [-0.39, 0.29) is 6.42 Å². The van der Waals surface area contributed by atoms with Gasteiger partial charge >= 0.3 is 5.97 Å². The predicted octanol–water partition coefficient (Wildman–Crippen LogP) is 6.23. The molecule has 0 unspecified atom stereocenters. The number of hydrogen-bond donors (Lipinski definition) is 1. The van der Waals surface area contributed by atoms with Gasteiger partial charge in [0, 0.05) is 19.5 Å². The number of unbranched alkanes of at least 4 members (excludes halogenated alkanes) is 11. The highest BCUT2D eigenvalue weighted by molar-refractivity contribution is 5.83. The third kappa shape index (κ3) is 15.5. The van der Waals surface area contributed by atoms with Gasteiger partial charge in [0.25, 0.3) is 0 Å². The molecule has 0 saturated carbocycles. The average Bonchev–Trinajstić information content (AvgIpc) is 3.17. The Bertz CT molecular complexity index is 477. The van der Waals surface area contributed by atoms with Crippen LogP contribution in [-0.4, -0.2) is 54.7 Å². The lowest BCUT2D eigenvalue weighted by molar-refractivity contribution is -0.138. The number of carboxylic acids is 1. The fourth-order valence-corrected chi connectivity index (χ4v) is 3.80. The van der Waals surface area contributed by atoms with Crippen LogP contribution in [0.5, 0.6) is 0 Å². The Kier molecular flexibility index (Phi) is 17.4. The zero-order chi connectivity index (χ0) is 21.7. The molecule has 1 aliphatic heterocycles. The molecule has 30 heavy (non-hydrogen) atoms. The van der Waals surface area contributed by atoms with Gasteiger partial charge in [-0.1, -0.05) is 70.4 Å². The van der Waals surface area contributed by atoms with Crippen molar-refractivity contribution in [2.24, 2.45) is 4.99 Å². The second-order valence-electron chi connectivity index (χ2n) is 8.38. The maximum absolute atomic E-state index is 10.5. The Labute approximate surface area is 185 Å². The van der Waals surface area contributed by atoms with Crippen LogP contribution in [0.15, 0.2) is 17.1 Å². The number of amidine groups is 1. The third-order valence-electron chi connectivity index (χ3n) is 5.66. The van der Waals surface area contributed by atoms with Crippen LogP contribution < -0.4 is 0 Å². The summed E-state index contributed by atoms with van der Waals surface area (Å²) in [5, 5.41) is 8.62. The molecule has 0 radical (unpaired) electrons. The molecule has 0 aliphatic carbocycles. The summed E-state index contributed by atoms with van der Waals surface area (Å²) in [6, 6.07) is 0. The van der Waals surface area contributed by atoms with Crippen molar-refractivity contribution in [2.75, 3.05) is 32.8 Å². The molecule has 0 spiro atoms. The largest absolute Gasteiger partial charge is 0.481 e. The highest BCUT2D eigenvalue weighted by atomic mass is 16.5. The van der Waals surface area contributed by atoms with Gasteiger partial charge < -0.3 is 14.7 Å². The molecule has 5 heteroatoms. The van der Waals surface area contributed by atoms with E-state index in [0.29, 0.717) is 13.2 Å². The van der Waals surface area contributed by atoms with Crippen molar-refractivity contribution in [2.45, 2.75) is 103 Å². The van der Waals surface area contributed by atoms with E-state index in [1.165, 1.54) is 89.3 Å². The molecule has 5 nitrogen and oxygen atoms in total. The third-order valence-corrected chi connectivity index (χ3v) is 5.66. The topological polar surface area (TPSA) is 62.1 Å². The van der Waals surface area contributed by atoms with Gasteiger partial charge in [-0.25, -0.2) is 0 Å². The number of hydrogen-bond acceptors (Lipinski definition) is 4. The number of carbonyl (C=O) groups is 1. The summed E-state index contributed by atoms with van der Waals surface area (Å²) in [6.07, 6.45) is 23.2. The van der Waals surface area contributed by atoms with Crippen LogP contribution in [0, 0.1) is 0 Å². The van der Waals surface area contributed by atoms with Crippen molar-refractivity contribution < 1.29 is 14.6 Å². The van der Waals surface area contributed by atoms with Gasteiger partial charge in [0.05, 0.1) is 32.0 Å². The molecular weight excluding hydrogens is 376 g/mol. The van der Waals surface area contributed by atoms with Crippen molar-refractivity contribution >= 4 is 11.8 Å². The summed E-state index contributed by atoms with van der Waals surface area (Å²) in [5.41, 5.74) is 0. The van der Waals surface area contributed by atoms with E-state index in [1.54, 1.807) is 0 Å². The molecule has 0 aromatic rings. The Morgan fingerprint density at radius 2 is 1.60 bits per heavy atom. The zero-order valence-corrected chi connectivity index (χ0v) is 19.5. The summed E-state index contributed by atoms with van der Waals surface area (Å²) in [7, 11) is 0. The van der Waals surface area contributed by atoms with E-state index >= 15 is 0 Å². The minimum Gasteiger partial charge on any atom is -0.481 e. The van der Waals surface area contributed by atoms with Gasteiger partial charge in [-0.15, -0.1) is 0 Å². The molecule has 0 fully saturated rings. The van der Waals surface area contributed by atoms with Crippen molar-refractivity contribution in [3.8, 4) is 0 Å². The predicted molar refractivity (Wildman–Crippen MR) is 126 cm³/mol. The van der Waals surface area contributed by atoms with Crippen LogP contribution in [0.4, 0.5) is 0 Å². The number of ether oxygens (including phenoxy) is 1. The standard InChI is InChI=1S/C25H46N2O3/c1-2-3-4-5-6-7-8-9-10-11-12-13-14-15-16-17-24-26-19-20-27(24)21-23-30-22-18-25(28)29/h9-10H,2-8,11-23H2,1H3,(H,28,29)/b10-9-. The van der Waals surface area contributed by atoms with Crippen molar-refractivity contribution in [3.63, 3.8) is 0 Å². The minimum absolute atomic E-state index is 0.0792. The smallest absolute Gasteiger partial charge is 0.305 e. The fraction of sp³-hybridized carbons (Fsp3) is 0.840. The molecule has 1 N–H and O–H groups in total. The van der Waals surface area contributed by atoms with Gasteiger partial charge in [0.1, 0.15) is 0 Å². The molecule has 174 valence electrons. The fourth-order valence-electron chi connectivity index (χ4n) is 3.80. The van der Waals surface area contributed by atoms with Crippen LogP contribution in [-0.2, 0) is 9.53 Å². The molecule has 1 heterocycles. The van der Waals surface area contributed by atoms with Crippen LogP contribution in [0.3, 0.4) is 0 Å². The number of carboxylic acid groups (broad SMARTS) is 1. The first-order chi connectivity index (χ1) is 14.7. The molecule has 0 aromatic carbocycles. The SMILES string of the molecule is CCCCCCCC/C=C\CCCCCCCC1=NCCN1CCOCCC(=O)O. The first kappa shape index (κ1) is 26.7. The van der Waals surface area contributed by atoms with Gasteiger partial charge in [-0.05, 0) is 32.1 Å². The van der Waals surface area contributed by atoms with Gasteiger partial charge in [-0.3, -0.25) is 9.79 Å². The Hall–Kier alpha value is -1.36. The zero-order valence-electron chi connectivity index (χ0n) is 19.5. The summed E-state index contributed by atoms with van der Waals surface area (Å²) in [5.74, 6) is 0.414. The maximum Gasteiger partial charge on any atom is 0.305 e. The van der Waals surface area contributed by atoms with Gasteiger partial charge in [0.2, 0.25) is 0 Å². The van der Waals surface area contributed by atoms with Crippen LogP contribution in [0.1, 0.15) is 103 Å². The lowest BCUT2D eigenvalue weighted by atomic mass is 10.1. The lowest BCUT2D eigenvalue weighted by Crippen LogP contribution is -2.31. The highest BCUT2D eigenvalue weighted by Crippen LogP contribution is 2.13. The van der Waals surface area contributed by atoms with Gasteiger partial charge in [0.15, 0.2) is 0 Å². The molecule has 1 aliphatic rings. The monoisotopic (exact) mass is 422 g/mol. The quantitative estimate of drug-likeness (QED) is 0.176. The van der Waals surface area contributed by atoms with Gasteiger partial charge in [-0.2, -0.15) is 0 Å². The van der Waals surface area contributed by atoms with E-state index < -0.39 is 5.97 Å². The van der Waals surface area contributed by atoms with Crippen molar-refractivity contribution in [3.05, 3.63) is 12.2 Å². The molecule has 0 aromatic heterocycles. The van der Waals surface area contributed by atoms with Crippen LogP contribution in [0.2, 0.25) is 0 Å². The van der Waals surface area contributed by atoms with Crippen molar-refractivity contribution in [1.82, 2.24) is 4.90 Å². The molecule has 1 rings (SSSR count). The van der Waals surface area contributed by atoms with E-state index in [2.05, 4.69) is 29.0 Å². The Balaban J connectivity index is 1.89. The second-order valence-corrected chi connectivity index (χ2v) is 8.38. The number of aliphatic imine (C=N–C) groups is 1. The number of allylic oxidation sites excluding steroid dienone is 2. The molecular formula is C25H46N2O3. The molecule has 0 atom stereocenters. The van der Waals surface area contributed by atoms with E-state index in [0.717, 1.165) is 26.1 Å². The van der Waals surface area contributed by atoms with Crippen molar-refractivity contribution in [1.29, 1.82) is 0 Å². The highest BCUT2D eigenvalue weighted by Gasteiger charge is 2.15. The molecule has 0 saturated heterocycles. The van der Waals surface area contributed by atoms with E-state index in [9.17, 15) is 4.79 Å². The summed E-state index contributed by atoms with van der Waals surface area (Å²) in [6.45, 7) is 5.83. The molecule has 0 amide bonds. The average molecular weight is 423 g/mol. The summed E-state index contributed by atoms with van der Waals surface area (Å²) >= 11 is 0. The normalized spacial score (nSPS) is 14.0. The maximum atomic E-state index is 10.5. The molecule has 0 bridgehead atoms. The van der Waals surface area contributed by atoms with Crippen LogP contribution in [0.25, 0.3) is 0 Å². The van der Waals surface area contributed by atoms with E-state index in [1.807, 2.05) is 0 Å². The number of aliphatic carboxylic acids is 1. The minimum atomic E-state index is -0.803. The number of rotatable bonds is 21. The number of nitrogens with zero attached hydrogens (tertiary/aromatic N) is 2.